The SMILES string of the molecule is CCCCSC1CCCCC1OC(=O)CCN(CC)CC. The maximum absolute atomic E-state index is 12.1. The molecule has 2 atom stereocenters. The average molecular weight is 316 g/mol. The Kier molecular flexibility index (Phi) is 10.2. The van der Waals surface area contributed by atoms with Gasteiger partial charge in [0.1, 0.15) is 6.10 Å². The summed E-state index contributed by atoms with van der Waals surface area (Å²) in [6.07, 6.45) is 7.96. The van der Waals surface area contributed by atoms with E-state index in [1.807, 2.05) is 11.8 Å². The molecule has 0 saturated heterocycles. The molecule has 0 aliphatic heterocycles. The van der Waals surface area contributed by atoms with E-state index < -0.39 is 0 Å². The molecule has 1 rings (SSSR count). The van der Waals surface area contributed by atoms with Gasteiger partial charge in [0.15, 0.2) is 0 Å². The molecule has 0 aromatic heterocycles. The molecule has 21 heavy (non-hydrogen) atoms. The first-order valence-electron chi connectivity index (χ1n) is 8.74. The van der Waals surface area contributed by atoms with E-state index in [9.17, 15) is 4.79 Å². The molecule has 0 spiro atoms. The lowest BCUT2D eigenvalue weighted by Crippen LogP contribution is -2.34. The van der Waals surface area contributed by atoms with Crippen LogP contribution < -0.4 is 0 Å². The van der Waals surface area contributed by atoms with Crippen LogP contribution in [0.25, 0.3) is 0 Å². The van der Waals surface area contributed by atoms with Crippen LogP contribution in [0, 0.1) is 0 Å². The Hall–Kier alpha value is -0.220. The highest BCUT2D eigenvalue weighted by Gasteiger charge is 2.28. The minimum Gasteiger partial charge on any atom is -0.461 e. The Bertz CT molecular complexity index is 282. The predicted molar refractivity (Wildman–Crippen MR) is 91.9 cm³/mol. The highest BCUT2D eigenvalue weighted by molar-refractivity contribution is 7.99. The number of unbranched alkanes of at least 4 members (excludes halogenated alkanes) is 1. The van der Waals surface area contributed by atoms with Gasteiger partial charge in [0.25, 0.3) is 0 Å². The highest BCUT2D eigenvalue weighted by Crippen LogP contribution is 2.31. The first kappa shape index (κ1) is 18.8. The van der Waals surface area contributed by atoms with Crippen LogP contribution in [0.4, 0.5) is 0 Å². The van der Waals surface area contributed by atoms with Crippen molar-refractivity contribution in [2.24, 2.45) is 0 Å². The molecule has 1 saturated carbocycles. The summed E-state index contributed by atoms with van der Waals surface area (Å²) >= 11 is 2.02. The zero-order valence-corrected chi connectivity index (χ0v) is 14.9. The largest absolute Gasteiger partial charge is 0.461 e. The van der Waals surface area contributed by atoms with E-state index in [4.69, 9.17) is 4.74 Å². The van der Waals surface area contributed by atoms with Gasteiger partial charge in [-0.15, -0.1) is 0 Å². The van der Waals surface area contributed by atoms with Crippen LogP contribution in [0.1, 0.15) is 65.7 Å². The van der Waals surface area contributed by atoms with Gasteiger partial charge in [-0.2, -0.15) is 11.8 Å². The standard InChI is InChI=1S/C17H33NO2S/c1-4-7-14-21-16-11-9-8-10-15(16)20-17(19)12-13-18(5-2)6-3/h15-16H,4-14H2,1-3H3. The Morgan fingerprint density at radius 3 is 2.57 bits per heavy atom. The molecule has 0 radical (unpaired) electrons. The van der Waals surface area contributed by atoms with Crippen LogP contribution >= 0.6 is 11.8 Å². The Labute approximate surface area is 135 Å². The fraction of sp³-hybridized carbons (Fsp3) is 0.941. The number of hydrogen-bond acceptors (Lipinski definition) is 4. The lowest BCUT2D eigenvalue weighted by atomic mass is 9.97. The second-order valence-electron chi connectivity index (χ2n) is 5.85. The molecule has 0 amide bonds. The topological polar surface area (TPSA) is 29.5 Å². The van der Waals surface area contributed by atoms with Crippen molar-refractivity contribution in [1.29, 1.82) is 0 Å². The molecular weight excluding hydrogens is 282 g/mol. The molecule has 1 fully saturated rings. The monoisotopic (exact) mass is 315 g/mol. The summed E-state index contributed by atoms with van der Waals surface area (Å²) in [4.78, 5) is 14.3. The minimum absolute atomic E-state index is 0.00473. The van der Waals surface area contributed by atoms with Crippen LogP contribution in [-0.4, -0.2) is 47.6 Å². The van der Waals surface area contributed by atoms with Gasteiger partial charge in [0.05, 0.1) is 6.42 Å². The van der Waals surface area contributed by atoms with E-state index in [2.05, 4.69) is 25.7 Å². The van der Waals surface area contributed by atoms with Crippen LogP contribution in [0.2, 0.25) is 0 Å². The van der Waals surface area contributed by atoms with E-state index in [0.29, 0.717) is 11.7 Å². The fourth-order valence-electron chi connectivity index (χ4n) is 2.78. The number of rotatable bonds is 10. The van der Waals surface area contributed by atoms with Gasteiger partial charge in [-0.3, -0.25) is 4.79 Å². The van der Waals surface area contributed by atoms with Crippen molar-refractivity contribution >= 4 is 17.7 Å². The molecule has 0 aromatic carbocycles. The van der Waals surface area contributed by atoms with Crippen molar-refractivity contribution in [3.8, 4) is 0 Å². The Morgan fingerprint density at radius 2 is 1.90 bits per heavy atom. The van der Waals surface area contributed by atoms with Gasteiger partial charge in [0, 0.05) is 11.8 Å². The van der Waals surface area contributed by atoms with Crippen molar-refractivity contribution in [2.75, 3.05) is 25.4 Å². The Balaban J connectivity index is 2.33. The highest BCUT2D eigenvalue weighted by atomic mass is 32.2. The minimum atomic E-state index is -0.00473. The summed E-state index contributed by atoms with van der Waals surface area (Å²) in [6, 6.07) is 0. The van der Waals surface area contributed by atoms with Crippen molar-refractivity contribution < 1.29 is 9.53 Å². The van der Waals surface area contributed by atoms with Gasteiger partial charge in [0.2, 0.25) is 0 Å². The summed E-state index contributed by atoms with van der Waals surface area (Å²) in [5.74, 6) is 1.20. The quantitative estimate of drug-likeness (QED) is 0.448. The predicted octanol–water partition coefficient (Wildman–Crippen LogP) is 4.11. The van der Waals surface area contributed by atoms with E-state index in [-0.39, 0.29) is 12.1 Å². The van der Waals surface area contributed by atoms with E-state index >= 15 is 0 Å². The van der Waals surface area contributed by atoms with Gasteiger partial charge >= 0.3 is 5.97 Å². The van der Waals surface area contributed by atoms with E-state index in [0.717, 1.165) is 26.1 Å². The maximum atomic E-state index is 12.1. The molecule has 3 nitrogen and oxygen atoms in total. The summed E-state index contributed by atoms with van der Waals surface area (Å²) in [7, 11) is 0. The molecule has 4 heteroatoms. The van der Waals surface area contributed by atoms with Crippen molar-refractivity contribution in [2.45, 2.75) is 77.1 Å². The fourth-order valence-corrected chi connectivity index (χ4v) is 4.28. The molecule has 2 unspecified atom stereocenters. The van der Waals surface area contributed by atoms with Crippen molar-refractivity contribution in [1.82, 2.24) is 4.90 Å². The van der Waals surface area contributed by atoms with E-state index in [1.54, 1.807) is 0 Å². The second-order valence-corrected chi connectivity index (χ2v) is 7.20. The number of thioether (sulfide) groups is 1. The number of nitrogens with zero attached hydrogens (tertiary/aromatic N) is 1. The third-order valence-electron chi connectivity index (χ3n) is 4.28. The zero-order valence-electron chi connectivity index (χ0n) is 14.1. The van der Waals surface area contributed by atoms with Gasteiger partial charge in [-0.25, -0.2) is 0 Å². The molecule has 124 valence electrons. The number of ether oxygens (including phenoxy) is 1. The molecule has 0 heterocycles. The maximum Gasteiger partial charge on any atom is 0.307 e. The summed E-state index contributed by atoms with van der Waals surface area (Å²) in [6.45, 7) is 9.33. The van der Waals surface area contributed by atoms with Crippen LogP contribution in [0.3, 0.4) is 0 Å². The van der Waals surface area contributed by atoms with Crippen molar-refractivity contribution in [3.63, 3.8) is 0 Å². The smallest absolute Gasteiger partial charge is 0.307 e. The van der Waals surface area contributed by atoms with Gasteiger partial charge in [-0.1, -0.05) is 33.6 Å². The summed E-state index contributed by atoms with van der Waals surface area (Å²) in [5.41, 5.74) is 0. The Morgan fingerprint density at radius 1 is 1.19 bits per heavy atom. The van der Waals surface area contributed by atoms with Crippen LogP contribution in [0.5, 0.6) is 0 Å². The lowest BCUT2D eigenvalue weighted by Gasteiger charge is -2.31. The number of hydrogen-bond donors (Lipinski definition) is 0. The molecule has 1 aliphatic rings. The molecular formula is C17H33NO2S. The first-order chi connectivity index (χ1) is 10.2. The average Bonchev–Trinajstić information content (AvgIpc) is 2.50. The van der Waals surface area contributed by atoms with Crippen molar-refractivity contribution in [3.05, 3.63) is 0 Å². The van der Waals surface area contributed by atoms with Crippen LogP contribution in [-0.2, 0) is 9.53 Å². The second kappa shape index (κ2) is 11.4. The van der Waals surface area contributed by atoms with Crippen LogP contribution in [0.15, 0.2) is 0 Å². The first-order valence-corrected chi connectivity index (χ1v) is 9.79. The van der Waals surface area contributed by atoms with Gasteiger partial charge < -0.3 is 9.64 Å². The summed E-state index contributed by atoms with van der Waals surface area (Å²) in [5, 5.41) is 0.530. The lowest BCUT2D eigenvalue weighted by molar-refractivity contribution is -0.150. The van der Waals surface area contributed by atoms with Gasteiger partial charge in [-0.05, 0) is 44.5 Å². The zero-order chi connectivity index (χ0) is 15.5. The third-order valence-corrected chi connectivity index (χ3v) is 5.77. The molecule has 1 aliphatic carbocycles. The molecule has 0 N–H and O–H groups in total. The third kappa shape index (κ3) is 7.55. The normalized spacial score (nSPS) is 22.5. The number of esters is 1. The number of carbonyl (C=O) groups is 1. The summed E-state index contributed by atoms with van der Waals surface area (Å²) < 4.78 is 5.79. The molecule has 0 aromatic rings. The van der Waals surface area contributed by atoms with E-state index in [1.165, 1.54) is 37.9 Å². The number of carbonyl (C=O) groups excluding carboxylic acids is 1. The molecule has 0 bridgehead atoms.